The highest BCUT2D eigenvalue weighted by Crippen LogP contribution is 2.29. The average molecular weight is 217 g/mol. The molecule has 1 aliphatic heterocycles. The van der Waals surface area contributed by atoms with Crippen LogP contribution in [0.4, 0.5) is 5.69 Å². The lowest BCUT2D eigenvalue weighted by Crippen LogP contribution is -2.21. The molecule has 0 fully saturated rings. The zero-order valence-corrected chi connectivity index (χ0v) is 10.7. The van der Waals surface area contributed by atoms with Crippen LogP contribution in [0.15, 0.2) is 18.2 Å². The van der Waals surface area contributed by atoms with Gasteiger partial charge in [0, 0.05) is 11.7 Å². The summed E-state index contributed by atoms with van der Waals surface area (Å²) in [5, 5.41) is 3.56. The minimum absolute atomic E-state index is 0.631. The van der Waals surface area contributed by atoms with Crippen LogP contribution in [0.25, 0.3) is 0 Å². The van der Waals surface area contributed by atoms with E-state index < -0.39 is 0 Å². The third-order valence-electron chi connectivity index (χ3n) is 3.67. The molecular formula is C15H23N. The molecule has 0 saturated heterocycles. The molecule has 1 nitrogen and oxygen atoms in total. The Morgan fingerprint density at radius 3 is 3.00 bits per heavy atom. The lowest BCUT2D eigenvalue weighted by atomic mass is 9.91. The SMILES string of the molecule is CCCC(C)c1ccc2c(c1)CCC(C)N2. The molecule has 0 aliphatic carbocycles. The third kappa shape index (κ3) is 2.40. The van der Waals surface area contributed by atoms with Crippen LogP contribution in [0.1, 0.15) is 57.1 Å². The molecule has 0 aromatic heterocycles. The van der Waals surface area contributed by atoms with Crippen molar-refractivity contribution in [2.24, 2.45) is 0 Å². The Labute approximate surface area is 99.3 Å². The highest BCUT2D eigenvalue weighted by Gasteiger charge is 2.15. The molecule has 1 aromatic carbocycles. The van der Waals surface area contributed by atoms with E-state index in [2.05, 4.69) is 44.3 Å². The number of fused-ring (bicyclic) bond motifs is 1. The van der Waals surface area contributed by atoms with E-state index in [-0.39, 0.29) is 0 Å². The third-order valence-corrected chi connectivity index (χ3v) is 3.67. The van der Waals surface area contributed by atoms with Gasteiger partial charge in [-0.05, 0) is 49.3 Å². The largest absolute Gasteiger partial charge is 0.382 e. The second-order valence-electron chi connectivity index (χ2n) is 5.19. The smallest absolute Gasteiger partial charge is 0.0374 e. The maximum atomic E-state index is 3.56. The summed E-state index contributed by atoms with van der Waals surface area (Å²) in [6, 6.07) is 7.61. The van der Waals surface area contributed by atoms with Gasteiger partial charge in [-0.3, -0.25) is 0 Å². The van der Waals surface area contributed by atoms with Gasteiger partial charge < -0.3 is 5.32 Å². The Bertz CT molecular complexity index is 356. The Hall–Kier alpha value is -0.980. The van der Waals surface area contributed by atoms with Crippen LogP contribution < -0.4 is 5.32 Å². The lowest BCUT2D eigenvalue weighted by molar-refractivity contribution is 0.655. The Morgan fingerprint density at radius 1 is 1.44 bits per heavy atom. The minimum atomic E-state index is 0.631. The molecule has 2 rings (SSSR count). The number of hydrogen-bond donors (Lipinski definition) is 1. The van der Waals surface area contributed by atoms with Crippen molar-refractivity contribution >= 4 is 5.69 Å². The summed E-state index contributed by atoms with van der Waals surface area (Å²) in [7, 11) is 0. The van der Waals surface area contributed by atoms with Crippen LogP contribution in [0.5, 0.6) is 0 Å². The molecule has 1 heteroatoms. The molecule has 2 unspecified atom stereocenters. The summed E-state index contributed by atoms with van der Waals surface area (Å²) >= 11 is 0. The van der Waals surface area contributed by atoms with Crippen molar-refractivity contribution in [1.82, 2.24) is 0 Å². The maximum absolute atomic E-state index is 3.56. The topological polar surface area (TPSA) is 12.0 Å². The average Bonchev–Trinajstić information content (AvgIpc) is 2.28. The van der Waals surface area contributed by atoms with Crippen molar-refractivity contribution < 1.29 is 0 Å². The molecule has 0 amide bonds. The fourth-order valence-corrected chi connectivity index (χ4v) is 2.58. The van der Waals surface area contributed by atoms with Crippen molar-refractivity contribution in [2.75, 3.05) is 5.32 Å². The number of aryl methyl sites for hydroxylation is 1. The fraction of sp³-hybridized carbons (Fsp3) is 0.600. The van der Waals surface area contributed by atoms with Crippen LogP contribution in [-0.4, -0.2) is 6.04 Å². The van der Waals surface area contributed by atoms with Crippen molar-refractivity contribution in [3.63, 3.8) is 0 Å². The van der Waals surface area contributed by atoms with Gasteiger partial charge in [0.25, 0.3) is 0 Å². The van der Waals surface area contributed by atoms with Crippen LogP contribution >= 0.6 is 0 Å². The lowest BCUT2D eigenvalue weighted by Gasteiger charge is -2.25. The normalized spacial score (nSPS) is 21.1. The quantitative estimate of drug-likeness (QED) is 0.794. The predicted molar refractivity (Wildman–Crippen MR) is 71.2 cm³/mol. The molecule has 2 atom stereocenters. The summed E-state index contributed by atoms with van der Waals surface area (Å²) < 4.78 is 0. The second kappa shape index (κ2) is 4.90. The van der Waals surface area contributed by atoms with E-state index in [1.54, 1.807) is 0 Å². The van der Waals surface area contributed by atoms with E-state index in [0.717, 1.165) is 0 Å². The summed E-state index contributed by atoms with van der Waals surface area (Å²) in [5.74, 6) is 0.703. The second-order valence-corrected chi connectivity index (χ2v) is 5.19. The zero-order valence-electron chi connectivity index (χ0n) is 10.7. The summed E-state index contributed by atoms with van der Waals surface area (Å²) in [5.41, 5.74) is 4.38. The van der Waals surface area contributed by atoms with E-state index in [1.165, 1.54) is 42.5 Å². The van der Waals surface area contributed by atoms with Crippen molar-refractivity contribution in [2.45, 2.75) is 58.4 Å². The maximum Gasteiger partial charge on any atom is 0.0374 e. The minimum Gasteiger partial charge on any atom is -0.382 e. The number of nitrogens with one attached hydrogen (secondary N) is 1. The first-order valence-corrected chi connectivity index (χ1v) is 6.60. The molecule has 1 aliphatic rings. The molecule has 0 spiro atoms. The van der Waals surface area contributed by atoms with Crippen LogP contribution in [0.2, 0.25) is 0 Å². The van der Waals surface area contributed by atoms with Gasteiger partial charge in [-0.1, -0.05) is 32.4 Å². The summed E-state index contributed by atoms with van der Waals surface area (Å²) in [6.07, 6.45) is 5.06. The standard InChI is InChI=1S/C15H23N/c1-4-5-11(2)13-8-9-15-14(10-13)7-6-12(3)16-15/h8-12,16H,4-7H2,1-3H3. The highest BCUT2D eigenvalue weighted by atomic mass is 14.9. The highest BCUT2D eigenvalue weighted by molar-refractivity contribution is 5.55. The van der Waals surface area contributed by atoms with Crippen LogP contribution in [0.3, 0.4) is 0 Å². The number of hydrogen-bond acceptors (Lipinski definition) is 1. The molecule has 0 bridgehead atoms. The first-order valence-electron chi connectivity index (χ1n) is 6.60. The van der Waals surface area contributed by atoms with Gasteiger partial charge in [-0.25, -0.2) is 0 Å². The molecule has 1 aromatic rings. The number of benzene rings is 1. The molecule has 88 valence electrons. The molecule has 1 N–H and O–H groups in total. The van der Waals surface area contributed by atoms with Gasteiger partial charge in [0.05, 0.1) is 0 Å². The Kier molecular flexibility index (Phi) is 3.52. The molecule has 0 radical (unpaired) electrons. The first kappa shape index (κ1) is 11.5. The van der Waals surface area contributed by atoms with Gasteiger partial charge >= 0.3 is 0 Å². The van der Waals surface area contributed by atoms with Crippen LogP contribution in [-0.2, 0) is 6.42 Å². The Morgan fingerprint density at radius 2 is 2.25 bits per heavy atom. The van der Waals surface area contributed by atoms with Crippen molar-refractivity contribution in [3.05, 3.63) is 29.3 Å². The van der Waals surface area contributed by atoms with E-state index >= 15 is 0 Å². The van der Waals surface area contributed by atoms with Gasteiger partial charge in [-0.2, -0.15) is 0 Å². The Balaban J connectivity index is 2.19. The van der Waals surface area contributed by atoms with Gasteiger partial charge in [0.1, 0.15) is 0 Å². The van der Waals surface area contributed by atoms with Gasteiger partial charge in [0.2, 0.25) is 0 Å². The van der Waals surface area contributed by atoms with Gasteiger partial charge in [0.15, 0.2) is 0 Å². The molecular weight excluding hydrogens is 194 g/mol. The van der Waals surface area contributed by atoms with E-state index in [9.17, 15) is 0 Å². The monoisotopic (exact) mass is 217 g/mol. The first-order chi connectivity index (χ1) is 7.70. The summed E-state index contributed by atoms with van der Waals surface area (Å²) in [4.78, 5) is 0. The fourth-order valence-electron chi connectivity index (χ4n) is 2.58. The molecule has 1 heterocycles. The molecule has 0 saturated carbocycles. The van der Waals surface area contributed by atoms with Gasteiger partial charge in [-0.15, -0.1) is 0 Å². The number of rotatable bonds is 3. The zero-order chi connectivity index (χ0) is 11.5. The van der Waals surface area contributed by atoms with Crippen LogP contribution in [0, 0.1) is 0 Å². The summed E-state index contributed by atoms with van der Waals surface area (Å²) in [6.45, 7) is 6.86. The number of anilines is 1. The van der Waals surface area contributed by atoms with Crippen molar-refractivity contribution in [3.8, 4) is 0 Å². The van der Waals surface area contributed by atoms with Crippen molar-refractivity contribution in [1.29, 1.82) is 0 Å². The molecule has 16 heavy (non-hydrogen) atoms. The van der Waals surface area contributed by atoms with E-state index in [0.29, 0.717) is 12.0 Å². The van der Waals surface area contributed by atoms with E-state index in [4.69, 9.17) is 0 Å². The predicted octanol–water partition coefficient (Wildman–Crippen LogP) is 4.34. The van der Waals surface area contributed by atoms with E-state index in [1.807, 2.05) is 0 Å².